The lowest BCUT2D eigenvalue weighted by Gasteiger charge is -2.16. The maximum Gasteiger partial charge on any atom is 0.313 e. The molecule has 2 aromatic rings. The Balaban J connectivity index is 1.48. The van der Waals surface area contributed by atoms with Crippen LogP contribution in [0, 0.1) is 5.82 Å². The minimum absolute atomic E-state index is 0.0445. The van der Waals surface area contributed by atoms with Gasteiger partial charge in [0.2, 0.25) is 0 Å². The molecular formula is C19H19ClFN3O2. The maximum absolute atomic E-state index is 13.4. The number of anilines is 1. The van der Waals surface area contributed by atoms with Crippen molar-refractivity contribution in [2.75, 3.05) is 18.4 Å². The van der Waals surface area contributed by atoms with Gasteiger partial charge in [-0.05, 0) is 30.2 Å². The van der Waals surface area contributed by atoms with E-state index < -0.39 is 17.6 Å². The van der Waals surface area contributed by atoms with Crippen molar-refractivity contribution in [3.8, 4) is 0 Å². The summed E-state index contributed by atoms with van der Waals surface area (Å²) in [7, 11) is 0. The second-order valence-electron chi connectivity index (χ2n) is 6.26. The molecular weight excluding hydrogens is 357 g/mol. The van der Waals surface area contributed by atoms with E-state index in [1.165, 1.54) is 17.7 Å². The molecule has 26 heavy (non-hydrogen) atoms. The van der Waals surface area contributed by atoms with Gasteiger partial charge in [-0.15, -0.1) is 0 Å². The number of hydrogen-bond acceptors (Lipinski definition) is 3. The zero-order chi connectivity index (χ0) is 18.5. The van der Waals surface area contributed by atoms with E-state index in [9.17, 15) is 14.0 Å². The molecule has 0 saturated carbocycles. The molecule has 2 aromatic carbocycles. The molecule has 0 bridgehead atoms. The Morgan fingerprint density at radius 2 is 1.92 bits per heavy atom. The minimum atomic E-state index is -0.826. The average molecular weight is 376 g/mol. The van der Waals surface area contributed by atoms with Crippen LogP contribution in [-0.2, 0) is 16.1 Å². The number of carbonyl (C=O) groups is 2. The first kappa shape index (κ1) is 18.4. The molecule has 1 atom stereocenters. The van der Waals surface area contributed by atoms with E-state index in [1.54, 1.807) is 0 Å². The number of carbonyl (C=O) groups excluding carboxylic acids is 2. The third kappa shape index (κ3) is 4.80. The standard InChI is InChI=1S/C19H19ClFN3O2/c20-16-7-6-14(10-17(16)21)22-18(25)19(26)23-15-8-9-24(12-15)11-13-4-2-1-3-5-13/h1-7,10,15H,8-9,11-12H2,(H,22,25)(H,23,26)/t15-/m0/s1. The van der Waals surface area contributed by atoms with Gasteiger partial charge in [0.15, 0.2) is 0 Å². The van der Waals surface area contributed by atoms with Crippen LogP contribution in [0.15, 0.2) is 48.5 Å². The molecule has 0 aromatic heterocycles. The van der Waals surface area contributed by atoms with Gasteiger partial charge in [-0.1, -0.05) is 41.9 Å². The molecule has 0 aliphatic carbocycles. The van der Waals surface area contributed by atoms with E-state index in [0.717, 1.165) is 25.6 Å². The summed E-state index contributed by atoms with van der Waals surface area (Å²) in [4.78, 5) is 26.3. The summed E-state index contributed by atoms with van der Waals surface area (Å²) in [6, 6.07) is 13.8. The van der Waals surface area contributed by atoms with E-state index in [2.05, 4.69) is 27.7 Å². The average Bonchev–Trinajstić information content (AvgIpc) is 3.06. The van der Waals surface area contributed by atoms with Crippen molar-refractivity contribution in [3.63, 3.8) is 0 Å². The Labute approximate surface area is 156 Å². The molecule has 5 nitrogen and oxygen atoms in total. The van der Waals surface area contributed by atoms with E-state index in [0.29, 0.717) is 6.54 Å². The van der Waals surface area contributed by atoms with Crippen LogP contribution in [0.4, 0.5) is 10.1 Å². The van der Waals surface area contributed by atoms with Crippen molar-refractivity contribution in [2.45, 2.75) is 19.0 Å². The molecule has 2 N–H and O–H groups in total. The van der Waals surface area contributed by atoms with Crippen molar-refractivity contribution < 1.29 is 14.0 Å². The summed E-state index contributed by atoms with van der Waals surface area (Å²) < 4.78 is 13.4. The first-order chi connectivity index (χ1) is 12.5. The predicted octanol–water partition coefficient (Wildman–Crippen LogP) is 2.81. The number of benzene rings is 2. The van der Waals surface area contributed by atoms with Crippen LogP contribution in [0.1, 0.15) is 12.0 Å². The summed E-state index contributed by atoms with van der Waals surface area (Å²) in [5.74, 6) is -2.21. The van der Waals surface area contributed by atoms with Crippen LogP contribution in [-0.4, -0.2) is 35.8 Å². The van der Waals surface area contributed by atoms with Crippen LogP contribution in [0.2, 0.25) is 5.02 Å². The number of rotatable bonds is 4. The number of likely N-dealkylation sites (tertiary alicyclic amines) is 1. The fourth-order valence-electron chi connectivity index (χ4n) is 2.95. The molecule has 1 saturated heterocycles. The van der Waals surface area contributed by atoms with Gasteiger partial charge < -0.3 is 10.6 Å². The van der Waals surface area contributed by atoms with Crippen LogP contribution in [0.25, 0.3) is 0 Å². The highest BCUT2D eigenvalue weighted by Gasteiger charge is 2.26. The Kier molecular flexibility index (Phi) is 5.85. The van der Waals surface area contributed by atoms with Crippen molar-refractivity contribution in [2.24, 2.45) is 0 Å². The van der Waals surface area contributed by atoms with Gasteiger partial charge in [-0.3, -0.25) is 14.5 Å². The second-order valence-corrected chi connectivity index (χ2v) is 6.67. The summed E-state index contributed by atoms with van der Waals surface area (Å²) in [5.41, 5.74) is 1.39. The molecule has 136 valence electrons. The zero-order valence-electron chi connectivity index (χ0n) is 14.0. The van der Waals surface area contributed by atoms with E-state index >= 15 is 0 Å². The number of nitrogens with zero attached hydrogens (tertiary/aromatic N) is 1. The Morgan fingerprint density at radius 3 is 2.65 bits per heavy atom. The number of amides is 2. The predicted molar refractivity (Wildman–Crippen MR) is 98.3 cm³/mol. The van der Waals surface area contributed by atoms with Crippen LogP contribution in [0.5, 0.6) is 0 Å². The Morgan fingerprint density at radius 1 is 1.15 bits per heavy atom. The van der Waals surface area contributed by atoms with Gasteiger partial charge in [0.05, 0.1) is 5.02 Å². The number of hydrogen-bond donors (Lipinski definition) is 2. The van der Waals surface area contributed by atoms with Crippen molar-refractivity contribution in [1.82, 2.24) is 10.2 Å². The van der Waals surface area contributed by atoms with Crippen molar-refractivity contribution in [1.29, 1.82) is 0 Å². The van der Waals surface area contributed by atoms with Crippen LogP contribution >= 0.6 is 11.6 Å². The lowest BCUT2D eigenvalue weighted by Crippen LogP contribution is -2.43. The van der Waals surface area contributed by atoms with E-state index in [1.807, 2.05) is 18.2 Å². The summed E-state index contributed by atoms with van der Waals surface area (Å²) in [6.45, 7) is 2.34. The first-order valence-electron chi connectivity index (χ1n) is 8.34. The zero-order valence-corrected chi connectivity index (χ0v) is 14.8. The van der Waals surface area contributed by atoms with Gasteiger partial charge in [-0.25, -0.2) is 4.39 Å². The molecule has 1 aliphatic rings. The van der Waals surface area contributed by atoms with Crippen LogP contribution in [0.3, 0.4) is 0 Å². The lowest BCUT2D eigenvalue weighted by molar-refractivity contribution is -0.136. The van der Waals surface area contributed by atoms with Gasteiger partial charge in [-0.2, -0.15) is 0 Å². The third-order valence-corrected chi connectivity index (χ3v) is 4.55. The highest BCUT2D eigenvalue weighted by atomic mass is 35.5. The van der Waals surface area contributed by atoms with Gasteiger partial charge in [0.1, 0.15) is 5.82 Å². The SMILES string of the molecule is O=C(Nc1ccc(Cl)c(F)c1)C(=O)N[C@H]1CCN(Cc2ccccc2)C1. The van der Waals surface area contributed by atoms with E-state index in [4.69, 9.17) is 11.6 Å². The van der Waals surface area contributed by atoms with Crippen molar-refractivity contribution in [3.05, 3.63) is 64.9 Å². The summed E-state index contributed by atoms with van der Waals surface area (Å²) >= 11 is 5.59. The molecule has 0 radical (unpaired) electrons. The molecule has 0 spiro atoms. The smallest absolute Gasteiger partial charge is 0.313 e. The number of nitrogens with one attached hydrogen (secondary N) is 2. The molecule has 0 unspecified atom stereocenters. The topological polar surface area (TPSA) is 61.4 Å². The van der Waals surface area contributed by atoms with Gasteiger partial charge in [0.25, 0.3) is 0 Å². The first-order valence-corrected chi connectivity index (χ1v) is 8.72. The molecule has 2 amide bonds. The number of halogens is 2. The van der Waals surface area contributed by atoms with Gasteiger partial charge >= 0.3 is 11.8 Å². The van der Waals surface area contributed by atoms with Crippen molar-refractivity contribution >= 4 is 29.1 Å². The fraction of sp³-hybridized carbons (Fsp3) is 0.263. The highest BCUT2D eigenvalue weighted by Crippen LogP contribution is 2.18. The Bertz CT molecular complexity index is 801. The molecule has 1 fully saturated rings. The fourth-order valence-corrected chi connectivity index (χ4v) is 3.07. The maximum atomic E-state index is 13.4. The Hall–Kier alpha value is -2.44. The van der Waals surface area contributed by atoms with E-state index in [-0.39, 0.29) is 16.8 Å². The lowest BCUT2D eigenvalue weighted by atomic mass is 10.2. The largest absolute Gasteiger partial charge is 0.344 e. The quantitative estimate of drug-likeness (QED) is 0.808. The second kappa shape index (κ2) is 8.29. The minimum Gasteiger partial charge on any atom is -0.344 e. The van der Waals surface area contributed by atoms with Crippen LogP contribution < -0.4 is 10.6 Å². The third-order valence-electron chi connectivity index (χ3n) is 4.24. The molecule has 1 aliphatic heterocycles. The monoisotopic (exact) mass is 375 g/mol. The highest BCUT2D eigenvalue weighted by molar-refractivity contribution is 6.39. The molecule has 7 heteroatoms. The summed E-state index contributed by atoms with van der Waals surface area (Å²) in [6.07, 6.45) is 0.779. The van der Waals surface area contributed by atoms with Gasteiger partial charge in [0, 0.05) is 31.4 Å². The normalized spacial score (nSPS) is 17.1. The molecule has 1 heterocycles. The molecule has 3 rings (SSSR count). The summed E-state index contributed by atoms with van der Waals surface area (Å²) in [5, 5.41) is 5.06.